The van der Waals surface area contributed by atoms with Crippen LogP contribution in [-0.4, -0.2) is 18.5 Å². The zero-order valence-corrected chi connectivity index (χ0v) is 9.42. The number of carbonyl (C=O) groups is 1. The molecule has 4 N–H and O–H groups in total. The molecule has 0 aromatic heterocycles. The van der Waals surface area contributed by atoms with Crippen LogP contribution in [0.1, 0.15) is 11.1 Å². The van der Waals surface area contributed by atoms with Gasteiger partial charge in [-0.2, -0.15) is 5.53 Å². The minimum absolute atomic E-state index is 0.0410. The van der Waals surface area contributed by atoms with Crippen LogP contribution in [-0.2, 0) is 4.79 Å². The van der Waals surface area contributed by atoms with Crippen LogP contribution in [0, 0.1) is 13.8 Å². The Bertz CT molecular complexity index is 399. The highest BCUT2D eigenvalue weighted by Crippen LogP contribution is 2.14. The third kappa shape index (κ3) is 2.38. The lowest BCUT2D eigenvalue weighted by atomic mass is 10.1. The van der Waals surface area contributed by atoms with Crippen molar-refractivity contribution in [2.45, 2.75) is 19.9 Å². The van der Waals surface area contributed by atoms with E-state index in [-0.39, 0.29) is 11.9 Å². The average Bonchev–Trinajstić information content (AvgIpc) is 2.77. The van der Waals surface area contributed by atoms with E-state index in [1.807, 2.05) is 32.0 Å². The molecule has 1 heterocycles. The van der Waals surface area contributed by atoms with Crippen LogP contribution in [0.2, 0.25) is 0 Å². The van der Waals surface area contributed by atoms with Gasteiger partial charge in [0.05, 0.1) is 0 Å². The molecule has 16 heavy (non-hydrogen) atoms. The van der Waals surface area contributed by atoms with Crippen molar-refractivity contribution < 1.29 is 4.79 Å². The van der Waals surface area contributed by atoms with Gasteiger partial charge in [0.1, 0.15) is 6.04 Å². The first kappa shape index (κ1) is 11.1. The third-order valence-corrected chi connectivity index (χ3v) is 2.73. The lowest BCUT2D eigenvalue weighted by molar-refractivity contribution is -0.117. The summed E-state index contributed by atoms with van der Waals surface area (Å²) in [5.74, 6) is -0.0410. The number of hydrogen-bond acceptors (Lipinski definition) is 4. The lowest BCUT2D eigenvalue weighted by Gasteiger charge is -2.11. The number of aryl methyl sites for hydroxylation is 2. The predicted molar refractivity (Wildman–Crippen MR) is 62.6 cm³/mol. The van der Waals surface area contributed by atoms with Crippen LogP contribution in [0.3, 0.4) is 0 Å². The van der Waals surface area contributed by atoms with Gasteiger partial charge in [-0.05, 0) is 37.1 Å². The van der Waals surface area contributed by atoms with Gasteiger partial charge in [0.15, 0.2) is 0 Å². The van der Waals surface area contributed by atoms with Gasteiger partial charge < -0.3 is 5.32 Å². The smallest absolute Gasteiger partial charge is 0.244 e. The van der Waals surface area contributed by atoms with Crippen LogP contribution in [0.25, 0.3) is 0 Å². The van der Waals surface area contributed by atoms with Crippen molar-refractivity contribution in [2.24, 2.45) is 0 Å². The first-order valence-electron chi connectivity index (χ1n) is 5.28. The number of hydrazine groups is 2. The fourth-order valence-electron chi connectivity index (χ4n) is 1.55. The van der Waals surface area contributed by atoms with Crippen LogP contribution in [0.5, 0.6) is 0 Å². The first-order valence-corrected chi connectivity index (χ1v) is 5.28. The van der Waals surface area contributed by atoms with E-state index in [4.69, 9.17) is 0 Å². The van der Waals surface area contributed by atoms with Gasteiger partial charge >= 0.3 is 0 Å². The molecule has 0 bridgehead atoms. The summed E-state index contributed by atoms with van der Waals surface area (Å²) < 4.78 is 0. The Balaban J connectivity index is 2.02. The van der Waals surface area contributed by atoms with Crippen molar-refractivity contribution >= 4 is 11.6 Å². The van der Waals surface area contributed by atoms with Crippen molar-refractivity contribution in [1.29, 1.82) is 0 Å². The van der Waals surface area contributed by atoms with Crippen LogP contribution < -0.4 is 21.7 Å². The molecule has 0 aliphatic carbocycles. The summed E-state index contributed by atoms with van der Waals surface area (Å²) in [6.07, 6.45) is 0. The molecule has 2 rings (SSSR count). The molecular formula is C11H16N4O. The summed E-state index contributed by atoms with van der Waals surface area (Å²) >= 11 is 0. The Morgan fingerprint density at radius 3 is 2.81 bits per heavy atom. The second-order valence-corrected chi connectivity index (χ2v) is 3.99. The number of rotatable bonds is 2. The standard InChI is InChI=1S/C11H16N4O/c1-7-3-4-9(5-8(7)2)13-11(16)10-6-12-15-14-10/h3-5,10,12,14-15H,6H2,1-2H3,(H,13,16). The summed E-state index contributed by atoms with van der Waals surface area (Å²) in [5, 5.41) is 2.87. The molecule has 1 aromatic rings. The molecule has 0 saturated carbocycles. The molecule has 1 unspecified atom stereocenters. The van der Waals surface area contributed by atoms with E-state index in [1.165, 1.54) is 11.1 Å². The Hall–Kier alpha value is -1.43. The largest absolute Gasteiger partial charge is 0.325 e. The van der Waals surface area contributed by atoms with E-state index in [0.29, 0.717) is 6.54 Å². The zero-order chi connectivity index (χ0) is 11.5. The summed E-state index contributed by atoms with van der Waals surface area (Å²) in [6.45, 7) is 4.66. The molecule has 1 saturated heterocycles. The van der Waals surface area contributed by atoms with Crippen molar-refractivity contribution in [1.82, 2.24) is 16.4 Å². The first-order chi connectivity index (χ1) is 7.66. The fourth-order valence-corrected chi connectivity index (χ4v) is 1.55. The maximum Gasteiger partial charge on any atom is 0.244 e. The zero-order valence-electron chi connectivity index (χ0n) is 9.42. The molecule has 0 spiro atoms. The summed E-state index contributed by atoms with van der Waals surface area (Å²) in [7, 11) is 0. The molecule has 1 aliphatic heterocycles. The van der Waals surface area contributed by atoms with Crippen LogP contribution >= 0.6 is 0 Å². The number of amides is 1. The minimum atomic E-state index is -0.235. The molecule has 86 valence electrons. The fraction of sp³-hybridized carbons (Fsp3) is 0.364. The predicted octanol–water partition coefficient (Wildman–Crippen LogP) is 0.223. The monoisotopic (exact) mass is 220 g/mol. The van der Waals surface area contributed by atoms with Gasteiger partial charge in [0.2, 0.25) is 5.91 Å². The van der Waals surface area contributed by atoms with E-state index >= 15 is 0 Å². The van der Waals surface area contributed by atoms with Crippen molar-refractivity contribution in [3.8, 4) is 0 Å². The van der Waals surface area contributed by atoms with Gasteiger partial charge in [0, 0.05) is 12.2 Å². The Kier molecular flexibility index (Phi) is 3.19. The molecule has 5 heteroatoms. The van der Waals surface area contributed by atoms with Crippen molar-refractivity contribution in [2.75, 3.05) is 11.9 Å². The molecule has 1 fully saturated rings. The Labute approximate surface area is 94.6 Å². The summed E-state index contributed by atoms with van der Waals surface area (Å²) in [6, 6.07) is 5.66. The van der Waals surface area contributed by atoms with Crippen molar-refractivity contribution in [3.63, 3.8) is 0 Å². The summed E-state index contributed by atoms with van der Waals surface area (Å²) in [5.41, 5.74) is 11.6. The SMILES string of the molecule is Cc1ccc(NC(=O)C2CNNN2)cc1C. The van der Waals surface area contributed by atoms with Gasteiger partial charge in [-0.15, -0.1) is 0 Å². The number of anilines is 1. The highest BCUT2D eigenvalue weighted by molar-refractivity contribution is 5.95. The maximum absolute atomic E-state index is 11.8. The van der Waals surface area contributed by atoms with Gasteiger partial charge in [-0.3, -0.25) is 4.79 Å². The molecule has 1 atom stereocenters. The quantitative estimate of drug-likeness (QED) is 0.576. The summed E-state index contributed by atoms with van der Waals surface area (Å²) in [4.78, 5) is 11.8. The van der Waals surface area contributed by atoms with E-state index in [0.717, 1.165) is 5.69 Å². The van der Waals surface area contributed by atoms with Crippen LogP contribution in [0.15, 0.2) is 18.2 Å². The molecule has 1 amide bonds. The second-order valence-electron chi connectivity index (χ2n) is 3.99. The molecule has 5 nitrogen and oxygen atoms in total. The molecular weight excluding hydrogens is 204 g/mol. The Morgan fingerprint density at radius 2 is 2.19 bits per heavy atom. The number of benzene rings is 1. The average molecular weight is 220 g/mol. The Morgan fingerprint density at radius 1 is 1.38 bits per heavy atom. The van der Waals surface area contributed by atoms with Crippen LogP contribution in [0.4, 0.5) is 5.69 Å². The highest BCUT2D eigenvalue weighted by Gasteiger charge is 2.21. The van der Waals surface area contributed by atoms with E-state index in [9.17, 15) is 4.79 Å². The van der Waals surface area contributed by atoms with Gasteiger partial charge in [0.25, 0.3) is 0 Å². The van der Waals surface area contributed by atoms with E-state index in [1.54, 1.807) is 0 Å². The maximum atomic E-state index is 11.8. The van der Waals surface area contributed by atoms with Gasteiger partial charge in [-0.25, -0.2) is 10.9 Å². The van der Waals surface area contributed by atoms with E-state index in [2.05, 4.69) is 21.7 Å². The topological polar surface area (TPSA) is 65.2 Å². The molecule has 0 radical (unpaired) electrons. The van der Waals surface area contributed by atoms with Crippen molar-refractivity contribution in [3.05, 3.63) is 29.3 Å². The van der Waals surface area contributed by atoms with Gasteiger partial charge in [-0.1, -0.05) is 6.07 Å². The minimum Gasteiger partial charge on any atom is -0.325 e. The molecule has 1 aromatic carbocycles. The number of carbonyl (C=O) groups excluding carboxylic acids is 1. The molecule has 1 aliphatic rings. The number of nitrogens with one attached hydrogen (secondary N) is 4. The number of hydrogen-bond donors (Lipinski definition) is 4. The van der Waals surface area contributed by atoms with E-state index < -0.39 is 0 Å². The normalized spacial score (nSPS) is 19.8. The second kappa shape index (κ2) is 4.61. The highest BCUT2D eigenvalue weighted by atomic mass is 16.2. The third-order valence-electron chi connectivity index (χ3n) is 2.73. The lowest BCUT2D eigenvalue weighted by Crippen LogP contribution is -2.40.